The Labute approximate surface area is 329 Å². The molecule has 0 aromatic heterocycles. The average Bonchev–Trinajstić information content (AvgIpc) is 3.13. The molecule has 0 fully saturated rings. The summed E-state index contributed by atoms with van der Waals surface area (Å²) in [4.78, 5) is 26.3. The molecule has 0 aliphatic rings. The molecule has 0 heterocycles. The zero-order chi connectivity index (χ0) is 43.4. The van der Waals surface area contributed by atoms with Gasteiger partial charge in [-0.2, -0.15) is 52.7 Å². The van der Waals surface area contributed by atoms with Crippen LogP contribution in [0.3, 0.4) is 0 Å². The van der Waals surface area contributed by atoms with Crippen LogP contribution in [-0.2, 0) is 66.5 Å². The SMILES string of the molecule is NC(c1ccccc1Cl)C(OCc1cc(C(F)(F)F)cc(C(F)(F)F)c1)OC(=O)C(=O)OC(OCc1cc(C(F)(F)F)cc(C(F)(F)F)c1)C(N)c1ccccc1Cl. The van der Waals surface area contributed by atoms with Gasteiger partial charge in [-0.3, -0.25) is 0 Å². The largest absolute Gasteiger partial charge is 0.425 e. The van der Waals surface area contributed by atoms with E-state index in [9.17, 15) is 62.3 Å². The average molecular weight is 881 g/mol. The van der Waals surface area contributed by atoms with E-state index in [0.717, 1.165) is 0 Å². The lowest BCUT2D eigenvalue weighted by molar-refractivity contribution is -0.211. The number of nitrogens with two attached hydrogens (primary N) is 2. The minimum atomic E-state index is -5.25. The van der Waals surface area contributed by atoms with E-state index in [1.807, 2.05) is 0 Å². The molecule has 8 nitrogen and oxygen atoms in total. The summed E-state index contributed by atoms with van der Waals surface area (Å²) in [5.41, 5.74) is 3.90. The van der Waals surface area contributed by atoms with Crippen LogP contribution in [0.25, 0.3) is 0 Å². The number of carbonyl (C=O) groups excluding carboxylic acids is 2. The molecule has 0 spiro atoms. The number of hydrogen-bond donors (Lipinski definition) is 2. The van der Waals surface area contributed by atoms with E-state index in [-0.39, 0.29) is 33.3 Å². The van der Waals surface area contributed by atoms with Gasteiger partial charge in [0.25, 0.3) is 0 Å². The van der Waals surface area contributed by atoms with Gasteiger partial charge in [-0.25, -0.2) is 9.59 Å². The van der Waals surface area contributed by atoms with Gasteiger partial charge >= 0.3 is 36.6 Å². The van der Waals surface area contributed by atoms with Gasteiger partial charge < -0.3 is 30.4 Å². The molecule has 4 N–H and O–H groups in total. The van der Waals surface area contributed by atoms with Crippen LogP contribution in [-0.4, -0.2) is 24.5 Å². The van der Waals surface area contributed by atoms with Gasteiger partial charge in [0.15, 0.2) is 0 Å². The van der Waals surface area contributed by atoms with Gasteiger partial charge in [0.2, 0.25) is 12.6 Å². The second kappa shape index (κ2) is 18.1. The summed E-state index contributed by atoms with van der Waals surface area (Å²) in [5.74, 6) is -4.02. The smallest absolute Gasteiger partial charge is 0.419 e. The van der Waals surface area contributed by atoms with E-state index >= 15 is 0 Å². The fraction of sp³-hybridized carbons (Fsp3) is 0.278. The van der Waals surface area contributed by atoms with E-state index in [1.165, 1.54) is 48.5 Å². The van der Waals surface area contributed by atoms with Gasteiger partial charge in [-0.15, -0.1) is 0 Å². The first-order valence-electron chi connectivity index (χ1n) is 16.0. The first-order valence-corrected chi connectivity index (χ1v) is 16.7. The fourth-order valence-electron chi connectivity index (χ4n) is 5.08. The summed E-state index contributed by atoms with van der Waals surface area (Å²) in [7, 11) is 0. The number of hydrogen-bond acceptors (Lipinski definition) is 8. The number of halogens is 14. The summed E-state index contributed by atoms with van der Waals surface area (Å²) < 4.78 is 183. The van der Waals surface area contributed by atoms with Crippen molar-refractivity contribution in [3.63, 3.8) is 0 Å². The Balaban J connectivity index is 1.65. The quantitative estimate of drug-likeness (QED) is 0.0624. The van der Waals surface area contributed by atoms with Crippen molar-refractivity contribution in [2.75, 3.05) is 0 Å². The highest BCUT2D eigenvalue weighted by Gasteiger charge is 2.39. The first kappa shape index (κ1) is 46.1. The van der Waals surface area contributed by atoms with Crippen LogP contribution in [0.15, 0.2) is 84.9 Å². The van der Waals surface area contributed by atoms with Crippen LogP contribution < -0.4 is 11.5 Å². The Morgan fingerprint density at radius 3 is 1.03 bits per heavy atom. The zero-order valence-corrected chi connectivity index (χ0v) is 30.2. The van der Waals surface area contributed by atoms with Crippen molar-refractivity contribution in [3.05, 3.63) is 139 Å². The van der Waals surface area contributed by atoms with Crippen LogP contribution in [0.2, 0.25) is 10.0 Å². The second-order valence-corrected chi connectivity index (χ2v) is 12.9. The van der Waals surface area contributed by atoms with E-state index in [1.54, 1.807) is 0 Å². The van der Waals surface area contributed by atoms with Gasteiger partial charge in [0.05, 0.1) is 47.6 Å². The second-order valence-electron chi connectivity index (χ2n) is 12.1. The van der Waals surface area contributed by atoms with Crippen molar-refractivity contribution in [1.82, 2.24) is 0 Å². The number of carbonyl (C=O) groups is 2. The Hall–Kier alpha value is -4.60. The Bertz CT molecular complexity index is 1880. The molecular weight excluding hydrogens is 855 g/mol. The van der Waals surface area contributed by atoms with Gasteiger partial charge in [0.1, 0.15) is 0 Å². The molecule has 4 aromatic carbocycles. The molecule has 4 aromatic rings. The minimum Gasteiger partial charge on any atom is -0.425 e. The number of rotatable bonds is 12. The lowest BCUT2D eigenvalue weighted by Crippen LogP contribution is -2.39. The molecule has 0 amide bonds. The van der Waals surface area contributed by atoms with E-state index in [0.29, 0.717) is 24.3 Å². The molecule has 4 atom stereocenters. The van der Waals surface area contributed by atoms with Gasteiger partial charge in [0, 0.05) is 10.0 Å². The van der Waals surface area contributed by atoms with Crippen LogP contribution in [0.5, 0.6) is 0 Å². The third kappa shape index (κ3) is 12.2. The van der Waals surface area contributed by atoms with E-state index in [4.69, 9.17) is 53.6 Å². The topological polar surface area (TPSA) is 123 Å². The molecule has 314 valence electrons. The number of benzene rings is 4. The van der Waals surface area contributed by atoms with E-state index in [2.05, 4.69) is 0 Å². The maximum absolute atomic E-state index is 13.5. The van der Waals surface area contributed by atoms with Gasteiger partial charge in [-0.05, 0) is 70.8 Å². The standard InChI is InChI=1S/C36H26Cl2F12N2O6/c37-25-7-3-1-5-23(25)27(51)31(55-15-17-9-19(33(39,40)41)13-20(10-17)34(42,43)44)57-29(53)30(54)58-32(28(52)24-6-2-4-8-26(24)38)56-16-18-11-21(35(45,46)47)14-22(12-18)36(48,49)50/h1-14,27-28,31-32H,15-16,51-52H2. The summed E-state index contributed by atoms with van der Waals surface area (Å²) in [6, 6.07) is 8.32. The minimum absolute atomic E-state index is 0.0587. The highest BCUT2D eigenvalue weighted by Crippen LogP contribution is 2.39. The van der Waals surface area contributed by atoms with Crippen molar-refractivity contribution in [2.45, 2.75) is 62.6 Å². The summed E-state index contributed by atoms with van der Waals surface area (Å²) >= 11 is 12.3. The van der Waals surface area contributed by atoms with Crippen molar-refractivity contribution in [3.8, 4) is 0 Å². The molecule has 0 radical (unpaired) electrons. The third-order valence-corrected chi connectivity index (χ3v) is 8.54. The summed E-state index contributed by atoms with van der Waals surface area (Å²) in [6.45, 7) is -2.28. The maximum Gasteiger partial charge on any atom is 0.419 e. The van der Waals surface area contributed by atoms with Crippen LogP contribution in [0.4, 0.5) is 52.7 Å². The lowest BCUT2D eigenvalue weighted by atomic mass is 10.0. The zero-order valence-electron chi connectivity index (χ0n) is 28.7. The molecule has 0 saturated heterocycles. The number of alkyl halides is 12. The summed E-state index contributed by atoms with van der Waals surface area (Å²) in [6.07, 6.45) is -25.4. The Kier molecular flexibility index (Phi) is 14.4. The Morgan fingerprint density at radius 2 is 0.776 bits per heavy atom. The molecule has 58 heavy (non-hydrogen) atoms. The molecule has 22 heteroatoms. The fourth-order valence-corrected chi connectivity index (χ4v) is 5.60. The van der Waals surface area contributed by atoms with Crippen molar-refractivity contribution in [2.24, 2.45) is 11.5 Å². The predicted octanol–water partition coefficient (Wildman–Crippen LogP) is 9.94. The summed E-state index contributed by atoms with van der Waals surface area (Å²) in [5, 5.41) is -0.189. The molecular formula is C36H26Cl2F12N2O6. The van der Waals surface area contributed by atoms with Crippen molar-refractivity contribution >= 4 is 35.1 Å². The molecule has 0 bridgehead atoms. The molecule has 0 aliphatic carbocycles. The van der Waals surface area contributed by atoms with Crippen LogP contribution >= 0.6 is 23.2 Å². The van der Waals surface area contributed by atoms with Crippen LogP contribution in [0.1, 0.15) is 56.6 Å². The Morgan fingerprint density at radius 1 is 0.500 bits per heavy atom. The highest BCUT2D eigenvalue weighted by molar-refractivity contribution is 6.32. The van der Waals surface area contributed by atoms with Crippen LogP contribution in [0, 0.1) is 0 Å². The number of ether oxygens (including phenoxy) is 4. The molecule has 4 rings (SSSR count). The first-order chi connectivity index (χ1) is 26.8. The number of esters is 2. The molecule has 0 aliphatic heterocycles. The normalized spacial score (nSPS) is 14.7. The van der Waals surface area contributed by atoms with Gasteiger partial charge in [-0.1, -0.05) is 59.6 Å². The van der Waals surface area contributed by atoms with E-state index < -0.39 is 108 Å². The molecule has 0 saturated carbocycles. The lowest BCUT2D eigenvalue weighted by Gasteiger charge is -2.27. The molecule has 4 unspecified atom stereocenters. The monoisotopic (exact) mass is 880 g/mol. The third-order valence-electron chi connectivity index (χ3n) is 7.85. The highest BCUT2D eigenvalue weighted by atomic mass is 35.5. The predicted molar refractivity (Wildman–Crippen MR) is 179 cm³/mol. The maximum atomic E-state index is 13.5. The van der Waals surface area contributed by atoms with Crippen molar-refractivity contribution < 1.29 is 81.2 Å². The van der Waals surface area contributed by atoms with Crippen molar-refractivity contribution in [1.29, 1.82) is 0 Å².